The van der Waals surface area contributed by atoms with E-state index in [1.807, 2.05) is 30.3 Å². The van der Waals surface area contributed by atoms with Crippen molar-refractivity contribution in [2.24, 2.45) is 0 Å². The number of hydrogen-bond acceptors (Lipinski definition) is 5. The average molecular weight is 488 g/mol. The van der Waals surface area contributed by atoms with Gasteiger partial charge in [-0.15, -0.1) is 0 Å². The summed E-state index contributed by atoms with van der Waals surface area (Å²) in [5, 5.41) is 1.08. The summed E-state index contributed by atoms with van der Waals surface area (Å²) in [5.41, 5.74) is 5.83. The number of esters is 1. The van der Waals surface area contributed by atoms with Gasteiger partial charge in [0.05, 0.1) is 23.4 Å². The Morgan fingerprint density at radius 2 is 1.69 bits per heavy atom. The number of ether oxygens (including phenoxy) is 1. The van der Waals surface area contributed by atoms with E-state index in [1.54, 1.807) is 30.5 Å². The van der Waals surface area contributed by atoms with Crippen molar-refractivity contribution in [3.05, 3.63) is 95.7 Å². The van der Waals surface area contributed by atoms with Gasteiger partial charge >= 0.3 is 5.97 Å². The van der Waals surface area contributed by atoms with E-state index in [0.717, 1.165) is 33.2 Å². The maximum Gasteiger partial charge on any atom is 0.313 e. The first-order valence-electron chi connectivity index (χ1n) is 11.5. The first-order chi connectivity index (χ1) is 16.7. The van der Waals surface area contributed by atoms with Gasteiger partial charge in [0.2, 0.25) is 0 Å². The predicted octanol–water partition coefficient (Wildman–Crippen LogP) is 5.93. The van der Waals surface area contributed by atoms with Gasteiger partial charge < -0.3 is 4.74 Å². The van der Waals surface area contributed by atoms with Crippen LogP contribution in [0.4, 0.5) is 0 Å². The van der Waals surface area contributed by atoms with Crippen LogP contribution in [0.5, 0.6) is 0 Å². The molecule has 0 amide bonds. The Kier molecular flexibility index (Phi) is 7.03. The molecular weight excluding hydrogens is 458 g/mol. The number of carbonyl (C=O) groups excluding carboxylic acids is 1. The zero-order valence-corrected chi connectivity index (χ0v) is 21.2. The number of methoxy groups -OCH3 is 1. The number of hydrogen-bond donors (Lipinski definition) is 0. The third-order valence-corrected chi connectivity index (χ3v) is 7.40. The normalized spacial score (nSPS) is 12.6. The monoisotopic (exact) mass is 487 g/mol. The number of fused-ring (bicyclic) bond motifs is 1. The highest BCUT2D eigenvalue weighted by molar-refractivity contribution is 7.90. The molecule has 0 spiro atoms. The van der Waals surface area contributed by atoms with E-state index < -0.39 is 15.8 Å². The van der Waals surface area contributed by atoms with Gasteiger partial charge in [-0.1, -0.05) is 56.3 Å². The molecule has 0 N–H and O–H groups in total. The number of pyridine rings is 1. The molecule has 1 atom stereocenters. The molecule has 3 aromatic carbocycles. The molecule has 0 radical (unpaired) electrons. The Bertz CT molecular complexity index is 1470. The van der Waals surface area contributed by atoms with Gasteiger partial charge in [0.25, 0.3) is 0 Å². The third kappa shape index (κ3) is 5.43. The summed E-state index contributed by atoms with van der Waals surface area (Å²) in [5.74, 6) is -0.510. The van der Waals surface area contributed by atoms with Gasteiger partial charge in [-0.2, -0.15) is 0 Å². The van der Waals surface area contributed by atoms with Gasteiger partial charge in [0, 0.05) is 23.4 Å². The summed E-state index contributed by atoms with van der Waals surface area (Å²) in [6.45, 7) is 4.33. The molecule has 0 fully saturated rings. The molecule has 0 saturated carbocycles. The Labute approximate surface area is 206 Å². The van der Waals surface area contributed by atoms with Crippen molar-refractivity contribution in [2.75, 3.05) is 13.4 Å². The number of aromatic nitrogens is 1. The van der Waals surface area contributed by atoms with Gasteiger partial charge in [0.15, 0.2) is 9.84 Å². The van der Waals surface area contributed by atoms with Crippen LogP contribution in [-0.2, 0) is 25.8 Å². The highest BCUT2D eigenvalue weighted by Crippen LogP contribution is 2.34. The van der Waals surface area contributed by atoms with Crippen molar-refractivity contribution in [1.82, 2.24) is 4.98 Å². The smallest absolute Gasteiger partial charge is 0.313 e. The SMILES string of the molecule is COC(=O)C(Cc1ccc(S(C)(=O)=O)cc1)c1cccc(-c2cc(C(C)C)cc3cccnc23)c1. The first-order valence-corrected chi connectivity index (χ1v) is 13.4. The molecule has 0 aliphatic heterocycles. The van der Waals surface area contributed by atoms with Gasteiger partial charge in [-0.3, -0.25) is 9.78 Å². The van der Waals surface area contributed by atoms with Crippen molar-refractivity contribution in [1.29, 1.82) is 0 Å². The molecule has 1 heterocycles. The van der Waals surface area contributed by atoms with Crippen LogP contribution >= 0.6 is 0 Å². The maximum atomic E-state index is 12.8. The van der Waals surface area contributed by atoms with E-state index in [4.69, 9.17) is 4.74 Å². The van der Waals surface area contributed by atoms with Crippen LogP contribution in [0.2, 0.25) is 0 Å². The van der Waals surface area contributed by atoms with Crippen molar-refractivity contribution >= 4 is 26.7 Å². The fraction of sp³-hybridized carbons (Fsp3) is 0.241. The van der Waals surface area contributed by atoms with E-state index in [0.29, 0.717) is 12.3 Å². The van der Waals surface area contributed by atoms with E-state index in [2.05, 4.69) is 37.0 Å². The van der Waals surface area contributed by atoms with Gasteiger partial charge in [-0.25, -0.2) is 8.42 Å². The van der Waals surface area contributed by atoms with E-state index >= 15 is 0 Å². The molecule has 5 nitrogen and oxygen atoms in total. The molecule has 35 heavy (non-hydrogen) atoms. The van der Waals surface area contributed by atoms with E-state index in [-0.39, 0.29) is 10.9 Å². The largest absolute Gasteiger partial charge is 0.469 e. The van der Waals surface area contributed by atoms with Gasteiger partial charge in [-0.05, 0) is 64.9 Å². The number of carbonyl (C=O) groups is 1. The minimum absolute atomic E-state index is 0.252. The molecule has 0 aliphatic rings. The van der Waals surface area contributed by atoms with Crippen LogP contribution in [-0.4, -0.2) is 32.7 Å². The molecule has 4 rings (SSSR count). The van der Waals surface area contributed by atoms with Crippen LogP contribution in [0, 0.1) is 0 Å². The lowest BCUT2D eigenvalue weighted by Crippen LogP contribution is -2.17. The highest BCUT2D eigenvalue weighted by atomic mass is 32.2. The van der Waals surface area contributed by atoms with Crippen molar-refractivity contribution in [3.8, 4) is 11.1 Å². The van der Waals surface area contributed by atoms with Crippen molar-refractivity contribution < 1.29 is 17.9 Å². The Balaban J connectivity index is 1.76. The summed E-state index contributed by atoms with van der Waals surface area (Å²) in [6, 6.07) is 22.9. The highest BCUT2D eigenvalue weighted by Gasteiger charge is 2.23. The van der Waals surface area contributed by atoms with E-state index in [1.165, 1.54) is 18.9 Å². The number of rotatable bonds is 7. The number of nitrogens with zero attached hydrogens (tertiary/aromatic N) is 1. The Morgan fingerprint density at radius 3 is 2.34 bits per heavy atom. The fourth-order valence-corrected chi connectivity index (χ4v) is 4.91. The zero-order valence-electron chi connectivity index (χ0n) is 20.4. The molecule has 180 valence electrons. The van der Waals surface area contributed by atoms with Crippen molar-refractivity contribution in [3.63, 3.8) is 0 Å². The Morgan fingerprint density at radius 1 is 0.943 bits per heavy atom. The summed E-state index contributed by atoms with van der Waals surface area (Å²) in [4.78, 5) is 17.7. The summed E-state index contributed by atoms with van der Waals surface area (Å²) < 4.78 is 28.7. The summed E-state index contributed by atoms with van der Waals surface area (Å²) >= 11 is 0. The van der Waals surface area contributed by atoms with Crippen LogP contribution in [0.25, 0.3) is 22.0 Å². The quantitative estimate of drug-likeness (QED) is 0.302. The molecule has 1 aromatic heterocycles. The first kappa shape index (κ1) is 24.6. The molecule has 0 bridgehead atoms. The standard InChI is InChI=1S/C29H29NO4S/c1-19(2)24-17-23-9-6-14-30-28(23)26(18-24)21-7-5-8-22(16-21)27(29(31)34-3)15-20-10-12-25(13-11-20)35(4,32)33/h5-14,16-19,27H,15H2,1-4H3. The van der Waals surface area contributed by atoms with Crippen molar-refractivity contribution in [2.45, 2.75) is 37.0 Å². The lowest BCUT2D eigenvalue weighted by Gasteiger charge is -2.18. The third-order valence-electron chi connectivity index (χ3n) is 6.27. The molecule has 4 aromatic rings. The molecule has 0 saturated heterocycles. The number of sulfone groups is 1. The predicted molar refractivity (Wildman–Crippen MR) is 139 cm³/mol. The van der Waals surface area contributed by atoms with Crippen LogP contribution in [0.3, 0.4) is 0 Å². The van der Waals surface area contributed by atoms with Crippen LogP contribution in [0.15, 0.2) is 83.9 Å². The lowest BCUT2D eigenvalue weighted by molar-refractivity contribution is -0.142. The van der Waals surface area contributed by atoms with Crippen LogP contribution < -0.4 is 0 Å². The fourth-order valence-electron chi connectivity index (χ4n) is 4.28. The summed E-state index contributed by atoms with van der Waals surface area (Å²) in [7, 11) is -1.90. The second-order valence-corrected chi connectivity index (χ2v) is 11.1. The van der Waals surface area contributed by atoms with Crippen LogP contribution in [0.1, 0.15) is 42.4 Å². The molecule has 6 heteroatoms. The second kappa shape index (κ2) is 10.0. The minimum atomic E-state index is -3.28. The number of benzene rings is 3. The van der Waals surface area contributed by atoms with Gasteiger partial charge in [0.1, 0.15) is 0 Å². The average Bonchev–Trinajstić information content (AvgIpc) is 2.86. The lowest BCUT2D eigenvalue weighted by atomic mass is 9.88. The maximum absolute atomic E-state index is 12.8. The Hall–Kier alpha value is -3.51. The molecule has 1 unspecified atom stereocenters. The second-order valence-electron chi connectivity index (χ2n) is 9.12. The topological polar surface area (TPSA) is 73.3 Å². The van der Waals surface area contributed by atoms with E-state index in [9.17, 15) is 13.2 Å². The zero-order chi connectivity index (χ0) is 25.2. The molecular formula is C29H29NO4S. The summed E-state index contributed by atoms with van der Waals surface area (Å²) in [6.07, 6.45) is 3.37. The minimum Gasteiger partial charge on any atom is -0.469 e. The molecule has 0 aliphatic carbocycles.